The summed E-state index contributed by atoms with van der Waals surface area (Å²) in [6, 6.07) is 15.0. The van der Waals surface area contributed by atoms with Crippen molar-refractivity contribution in [3.8, 4) is 11.5 Å². The number of rotatable bonds is 31. The zero-order valence-corrected chi connectivity index (χ0v) is 31.0. The fourth-order valence-electron chi connectivity index (χ4n) is 4.35. The van der Waals surface area contributed by atoms with Crippen molar-refractivity contribution in [3.05, 3.63) is 77.4 Å². The average Bonchev–Trinajstić information content (AvgIpc) is 3.17. The average molecular weight is 733 g/mol. The zero-order chi connectivity index (χ0) is 37.5. The van der Waals surface area contributed by atoms with E-state index in [-0.39, 0.29) is 31.9 Å². The maximum absolute atomic E-state index is 13.4. The lowest BCUT2D eigenvalue weighted by atomic mass is 9.96. The molecule has 0 saturated carbocycles. The zero-order valence-electron chi connectivity index (χ0n) is 31.0. The Morgan fingerprint density at radius 2 is 0.788 bits per heavy atom. The van der Waals surface area contributed by atoms with Gasteiger partial charge in [0, 0.05) is 27.3 Å². The summed E-state index contributed by atoms with van der Waals surface area (Å²) in [6.07, 6.45) is 3.26. The number of allylic oxidation sites excluding steroid dienone is 2. The molecule has 0 bridgehead atoms. The molecule has 2 amide bonds. The molecule has 2 aromatic rings. The minimum atomic E-state index is -0.548. The number of carbonyl (C=O) groups is 2. The van der Waals surface area contributed by atoms with Crippen LogP contribution in [-0.4, -0.2) is 146 Å². The van der Waals surface area contributed by atoms with E-state index in [4.69, 9.17) is 47.4 Å². The van der Waals surface area contributed by atoms with E-state index >= 15 is 0 Å². The predicted molar refractivity (Wildman–Crippen MR) is 196 cm³/mol. The van der Waals surface area contributed by atoms with E-state index in [9.17, 15) is 9.59 Å². The van der Waals surface area contributed by atoms with E-state index in [0.717, 1.165) is 16.7 Å². The molecule has 0 aliphatic heterocycles. The molecular formula is C38H56N2O12. The molecule has 290 valence electrons. The molecule has 0 aromatic heterocycles. The quantitative estimate of drug-likeness (QED) is 0.0386. The number of ether oxygens (including phenoxy) is 10. The molecule has 2 aromatic carbocycles. The van der Waals surface area contributed by atoms with Crippen LogP contribution >= 0.6 is 0 Å². The molecule has 0 heterocycles. The van der Waals surface area contributed by atoms with E-state index in [1.165, 1.54) is 6.08 Å². The molecule has 2 N–H and O–H groups in total. The molecule has 0 radical (unpaired) electrons. The first-order valence-corrected chi connectivity index (χ1v) is 17.3. The highest BCUT2D eigenvalue weighted by molar-refractivity contribution is 6.18. The van der Waals surface area contributed by atoms with Gasteiger partial charge in [0.15, 0.2) is 0 Å². The number of hydrogen-bond donors (Lipinski definition) is 2. The van der Waals surface area contributed by atoms with Crippen molar-refractivity contribution in [2.75, 3.05) is 134 Å². The first kappa shape index (κ1) is 44.3. The maximum Gasteiger partial charge on any atom is 0.256 e. The van der Waals surface area contributed by atoms with Gasteiger partial charge in [-0.05, 0) is 47.0 Å². The van der Waals surface area contributed by atoms with Crippen LogP contribution in [0.5, 0.6) is 11.5 Å². The number of carbonyl (C=O) groups excluding carboxylic acids is 2. The summed E-state index contributed by atoms with van der Waals surface area (Å²) >= 11 is 0. The molecule has 52 heavy (non-hydrogen) atoms. The van der Waals surface area contributed by atoms with E-state index in [1.807, 2.05) is 48.5 Å². The highest BCUT2D eigenvalue weighted by Crippen LogP contribution is 2.27. The van der Waals surface area contributed by atoms with Crippen molar-refractivity contribution in [2.45, 2.75) is 0 Å². The lowest BCUT2D eigenvalue weighted by Gasteiger charge is -2.12. The van der Waals surface area contributed by atoms with Crippen LogP contribution in [0, 0.1) is 0 Å². The lowest BCUT2D eigenvalue weighted by Crippen LogP contribution is -2.37. The number of nitrogens with one attached hydrogen (secondary N) is 2. The van der Waals surface area contributed by atoms with Crippen LogP contribution in [0.3, 0.4) is 0 Å². The fourth-order valence-corrected chi connectivity index (χ4v) is 4.35. The highest BCUT2D eigenvalue weighted by atomic mass is 16.6. The summed E-state index contributed by atoms with van der Waals surface area (Å²) in [4.78, 5) is 26.7. The Balaban J connectivity index is 2.03. The van der Waals surface area contributed by atoms with Gasteiger partial charge in [0.05, 0.1) is 107 Å². The van der Waals surface area contributed by atoms with Gasteiger partial charge in [0.25, 0.3) is 11.8 Å². The van der Waals surface area contributed by atoms with Crippen LogP contribution in [0.1, 0.15) is 11.1 Å². The first-order chi connectivity index (χ1) is 25.5. The van der Waals surface area contributed by atoms with Gasteiger partial charge in [-0.2, -0.15) is 0 Å². The van der Waals surface area contributed by atoms with E-state index < -0.39 is 11.8 Å². The van der Waals surface area contributed by atoms with Crippen LogP contribution in [0.15, 0.2) is 66.3 Å². The minimum absolute atomic E-state index is 0.0758. The predicted octanol–water partition coefficient (Wildman–Crippen LogP) is 2.69. The molecule has 0 aliphatic rings. The molecule has 0 unspecified atom stereocenters. The molecule has 2 rings (SSSR count). The largest absolute Gasteiger partial charge is 0.497 e. The van der Waals surface area contributed by atoms with Gasteiger partial charge in [0.1, 0.15) is 17.1 Å². The highest BCUT2D eigenvalue weighted by Gasteiger charge is 2.18. The van der Waals surface area contributed by atoms with Crippen molar-refractivity contribution in [2.24, 2.45) is 0 Å². The van der Waals surface area contributed by atoms with Gasteiger partial charge >= 0.3 is 0 Å². The van der Waals surface area contributed by atoms with E-state index in [2.05, 4.69) is 10.6 Å². The molecule has 14 nitrogen and oxygen atoms in total. The summed E-state index contributed by atoms with van der Waals surface area (Å²) in [5, 5.41) is 5.56. The van der Waals surface area contributed by atoms with Gasteiger partial charge in [-0.25, -0.2) is 0 Å². The van der Waals surface area contributed by atoms with Crippen LogP contribution < -0.4 is 20.1 Å². The number of methoxy groups -OCH3 is 4. The monoisotopic (exact) mass is 732 g/mol. The third kappa shape index (κ3) is 19.7. The number of amides is 2. The Hall–Kier alpha value is -3.86. The Kier molecular flexibility index (Phi) is 25.3. The van der Waals surface area contributed by atoms with E-state index in [0.29, 0.717) is 90.8 Å². The SMILES string of the molecule is COCCOCCOCCOCCNC(=O)C(=CC=C(c1ccc(OC)cc1)c1ccc(OC)cc1)C(=O)NCCOCCOCCOCCOC. The molecule has 0 spiro atoms. The van der Waals surface area contributed by atoms with Gasteiger partial charge in [0.2, 0.25) is 0 Å². The maximum atomic E-state index is 13.4. The fraction of sp³-hybridized carbons (Fsp3) is 0.526. The molecule has 14 heteroatoms. The summed E-state index contributed by atoms with van der Waals surface area (Å²) in [6.45, 7) is 6.25. The van der Waals surface area contributed by atoms with Crippen molar-refractivity contribution in [1.82, 2.24) is 10.6 Å². The summed E-state index contributed by atoms with van der Waals surface area (Å²) < 4.78 is 53.3. The summed E-state index contributed by atoms with van der Waals surface area (Å²) in [5.74, 6) is 0.309. The topological polar surface area (TPSA) is 150 Å². The van der Waals surface area contributed by atoms with Gasteiger partial charge < -0.3 is 58.0 Å². The Labute approximate surface area is 307 Å². The Morgan fingerprint density at radius 1 is 0.462 bits per heavy atom. The van der Waals surface area contributed by atoms with Crippen molar-refractivity contribution >= 4 is 17.4 Å². The van der Waals surface area contributed by atoms with Crippen LogP contribution in [-0.2, 0) is 47.5 Å². The lowest BCUT2D eigenvalue weighted by molar-refractivity contribution is -0.123. The van der Waals surface area contributed by atoms with Gasteiger partial charge in [-0.3, -0.25) is 9.59 Å². The smallest absolute Gasteiger partial charge is 0.256 e. The number of benzene rings is 2. The normalized spacial score (nSPS) is 10.8. The Morgan fingerprint density at radius 3 is 1.12 bits per heavy atom. The van der Waals surface area contributed by atoms with Gasteiger partial charge in [-0.15, -0.1) is 0 Å². The van der Waals surface area contributed by atoms with Gasteiger partial charge in [-0.1, -0.05) is 30.3 Å². The summed E-state index contributed by atoms with van der Waals surface area (Å²) in [7, 11) is 6.44. The number of hydrogen-bond acceptors (Lipinski definition) is 12. The van der Waals surface area contributed by atoms with Crippen molar-refractivity contribution < 1.29 is 57.0 Å². The Bertz CT molecular complexity index is 1190. The van der Waals surface area contributed by atoms with Crippen LogP contribution in [0.4, 0.5) is 0 Å². The van der Waals surface area contributed by atoms with Crippen LogP contribution in [0.25, 0.3) is 5.57 Å². The van der Waals surface area contributed by atoms with E-state index in [1.54, 1.807) is 34.5 Å². The second-order valence-electron chi connectivity index (χ2n) is 10.8. The standard InChI is InChI=1S/C38H56N2O12/c1-43-19-21-49-27-29-51-25-23-47-17-15-39-37(41)36(38(42)40-16-18-48-24-26-52-30-28-50-22-20-44-2)14-13-35(31-5-9-33(45-3)10-6-31)32-7-11-34(46-4)12-8-32/h5-14H,15-30H2,1-4H3,(H,39,41)(H,40,42). The minimum Gasteiger partial charge on any atom is -0.497 e. The van der Waals surface area contributed by atoms with Crippen LogP contribution in [0.2, 0.25) is 0 Å². The second-order valence-corrected chi connectivity index (χ2v) is 10.8. The molecule has 0 fully saturated rings. The molecular weight excluding hydrogens is 676 g/mol. The molecule has 0 aliphatic carbocycles. The third-order valence-corrected chi connectivity index (χ3v) is 7.12. The molecule has 0 atom stereocenters. The first-order valence-electron chi connectivity index (χ1n) is 17.3. The molecule has 0 saturated heterocycles. The van der Waals surface area contributed by atoms with Crippen molar-refractivity contribution in [1.29, 1.82) is 0 Å². The second kappa shape index (κ2) is 29.7. The summed E-state index contributed by atoms with van der Waals surface area (Å²) in [5.41, 5.74) is 2.42. The third-order valence-electron chi connectivity index (χ3n) is 7.12. The van der Waals surface area contributed by atoms with Crippen molar-refractivity contribution in [3.63, 3.8) is 0 Å².